The molecule has 0 unspecified atom stereocenters. The van der Waals surface area contributed by atoms with Crippen molar-refractivity contribution in [2.24, 2.45) is 0 Å². The highest BCUT2D eigenvalue weighted by Crippen LogP contribution is 2.35. The molecule has 1 aromatic heterocycles. The molecule has 0 radical (unpaired) electrons. The second-order valence-electron chi connectivity index (χ2n) is 9.11. The minimum Gasteiger partial charge on any atom is -0.353 e. The lowest BCUT2D eigenvalue weighted by atomic mass is 10.0. The number of amides is 2. The van der Waals surface area contributed by atoms with Gasteiger partial charge in [-0.15, -0.1) is 0 Å². The van der Waals surface area contributed by atoms with Crippen molar-refractivity contribution in [2.75, 3.05) is 41.3 Å². The predicted molar refractivity (Wildman–Crippen MR) is 139 cm³/mol. The highest BCUT2D eigenvalue weighted by molar-refractivity contribution is 6.12. The van der Waals surface area contributed by atoms with Gasteiger partial charge in [0.25, 0.3) is 11.8 Å². The van der Waals surface area contributed by atoms with Crippen LogP contribution in [0.4, 0.5) is 17.2 Å². The standard InChI is InChI=1S/C28H29N5O2/c1-19-16-24-25(17-20(19)2)33(27(34)21(3)30-24)18-22-7-9-23(10-8-22)28(35)32-14-12-31(13-15-32)26-6-4-5-11-29-26/h4-11,16-17,30H,3,12-15,18H2,1-2H3. The molecule has 0 aliphatic carbocycles. The molecule has 1 fully saturated rings. The predicted octanol–water partition coefficient (Wildman–Crippen LogP) is 4.13. The van der Waals surface area contributed by atoms with Crippen LogP contribution in [0.15, 0.2) is 73.1 Å². The Bertz CT molecular complexity index is 1280. The minimum absolute atomic E-state index is 0.0280. The first-order valence-corrected chi connectivity index (χ1v) is 11.8. The van der Waals surface area contributed by atoms with Gasteiger partial charge in [-0.2, -0.15) is 0 Å². The summed E-state index contributed by atoms with van der Waals surface area (Å²) < 4.78 is 0. The molecular formula is C28H29N5O2. The Morgan fingerprint density at radius 2 is 1.71 bits per heavy atom. The summed E-state index contributed by atoms with van der Waals surface area (Å²) in [6.45, 7) is 11.2. The average molecular weight is 468 g/mol. The van der Waals surface area contributed by atoms with E-state index in [9.17, 15) is 9.59 Å². The summed E-state index contributed by atoms with van der Waals surface area (Å²) in [5, 5.41) is 3.12. The zero-order valence-corrected chi connectivity index (χ0v) is 20.1. The van der Waals surface area contributed by atoms with Crippen LogP contribution in [0.1, 0.15) is 27.0 Å². The average Bonchev–Trinajstić information content (AvgIpc) is 2.89. The molecule has 1 N–H and O–H groups in total. The molecule has 0 saturated carbocycles. The highest BCUT2D eigenvalue weighted by atomic mass is 16.2. The van der Waals surface area contributed by atoms with Gasteiger partial charge in [0.15, 0.2) is 0 Å². The fourth-order valence-electron chi connectivity index (χ4n) is 4.57. The van der Waals surface area contributed by atoms with Gasteiger partial charge in [0.05, 0.1) is 23.6 Å². The number of benzene rings is 2. The number of carbonyl (C=O) groups excluding carboxylic acids is 2. The van der Waals surface area contributed by atoms with E-state index in [1.165, 1.54) is 0 Å². The Labute approximate surface area is 205 Å². The fourth-order valence-corrected chi connectivity index (χ4v) is 4.57. The number of anilines is 3. The van der Waals surface area contributed by atoms with Gasteiger partial charge in [-0.05, 0) is 66.9 Å². The van der Waals surface area contributed by atoms with Crippen LogP contribution in [0, 0.1) is 13.8 Å². The third-order valence-corrected chi connectivity index (χ3v) is 6.77. The first kappa shape index (κ1) is 22.7. The number of nitrogens with zero attached hydrogens (tertiary/aromatic N) is 4. The zero-order valence-electron chi connectivity index (χ0n) is 20.1. The largest absolute Gasteiger partial charge is 0.353 e. The molecule has 2 amide bonds. The van der Waals surface area contributed by atoms with Crippen molar-refractivity contribution in [3.63, 3.8) is 0 Å². The Morgan fingerprint density at radius 3 is 2.40 bits per heavy atom. The second-order valence-corrected chi connectivity index (χ2v) is 9.11. The zero-order chi connectivity index (χ0) is 24.5. The van der Waals surface area contributed by atoms with Gasteiger partial charge in [-0.3, -0.25) is 9.59 Å². The van der Waals surface area contributed by atoms with Crippen molar-refractivity contribution in [1.29, 1.82) is 0 Å². The monoisotopic (exact) mass is 467 g/mol. The Morgan fingerprint density at radius 1 is 1.00 bits per heavy atom. The van der Waals surface area contributed by atoms with E-state index < -0.39 is 0 Å². The quantitative estimate of drug-likeness (QED) is 0.585. The molecule has 178 valence electrons. The number of hydrogen-bond donors (Lipinski definition) is 1. The van der Waals surface area contributed by atoms with E-state index in [1.807, 2.05) is 66.4 Å². The molecule has 3 heterocycles. The first-order valence-electron chi connectivity index (χ1n) is 11.8. The lowest BCUT2D eigenvalue weighted by Crippen LogP contribution is -2.49. The topological polar surface area (TPSA) is 68.8 Å². The van der Waals surface area contributed by atoms with Crippen molar-refractivity contribution >= 4 is 29.0 Å². The number of piperazine rings is 1. The van der Waals surface area contributed by atoms with Crippen LogP contribution in [0.25, 0.3) is 0 Å². The normalized spacial score (nSPS) is 15.7. The molecule has 2 aliphatic rings. The van der Waals surface area contributed by atoms with E-state index in [0.717, 1.165) is 47.0 Å². The molecule has 3 aromatic rings. The minimum atomic E-state index is -0.147. The summed E-state index contributed by atoms with van der Waals surface area (Å²) in [6, 6.07) is 17.5. The smallest absolute Gasteiger partial charge is 0.274 e. The fraction of sp³-hybridized carbons (Fsp3) is 0.250. The number of aryl methyl sites for hydroxylation is 2. The molecule has 5 rings (SSSR count). The first-order chi connectivity index (χ1) is 16.9. The number of hydrogen-bond acceptors (Lipinski definition) is 5. The third-order valence-electron chi connectivity index (χ3n) is 6.77. The summed E-state index contributed by atoms with van der Waals surface area (Å²) >= 11 is 0. The van der Waals surface area contributed by atoms with Crippen molar-refractivity contribution in [1.82, 2.24) is 9.88 Å². The van der Waals surface area contributed by atoms with E-state index in [0.29, 0.717) is 30.9 Å². The van der Waals surface area contributed by atoms with Gasteiger partial charge >= 0.3 is 0 Å². The molecule has 0 spiro atoms. The third kappa shape index (κ3) is 4.49. The van der Waals surface area contributed by atoms with E-state index in [-0.39, 0.29) is 11.8 Å². The van der Waals surface area contributed by atoms with Crippen LogP contribution in [-0.4, -0.2) is 47.9 Å². The van der Waals surface area contributed by atoms with Crippen LogP contribution >= 0.6 is 0 Å². The van der Waals surface area contributed by atoms with Gasteiger partial charge in [0.1, 0.15) is 5.82 Å². The lowest BCUT2D eigenvalue weighted by Gasteiger charge is -2.35. The van der Waals surface area contributed by atoms with Crippen molar-refractivity contribution < 1.29 is 9.59 Å². The molecule has 0 bridgehead atoms. The SMILES string of the molecule is C=C1Nc2cc(C)c(C)cc2N(Cc2ccc(C(=O)N3CCN(c4ccccn4)CC3)cc2)C1=O. The molecule has 0 atom stereocenters. The summed E-state index contributed by atoms with van der Waals surface area (Å²) in [4.78, 5) is 36.2. The molecule has 2 aliphatic heterocycles. The van der Waals surface area contributed by atoms with E-state index >= 15 is 0 Å². The van der Waals surface area contributed by atoms with E-state index in [2.05, 4.69) is 28.7 Å². The molecule has 1 saturated heterocycles. The summed E-state index contributed by atoms with van der Waals surface area (Å²) in [5.74, 6) is 0.827. The molecule has 7 nitrogen and oxygen atoms in total. The van der Waals surface area contributed by atoms with Crippen LogP contribution in [0.5, 0.6) is 0 Å². The van der Waals surface area contributed by atoms with Gasteiger partial charge in [-0.25, -0.2) is 4.98 Å². The molecular weight excluding hydrogens is 438 g/mol. The number of rotatable bonds is 4. The maximum absolute atomic E-state index is 13.1. The summed E-state index contributed by atoms with van der Waals surface area (Å²) in [6.07, 6.45) is 1.79. The number of carbonyl (C=O) groups is 2. The maximum atomic E-state index is 13.1. The maximum Gasteiger partial charge on any atom is 0.274 e. The molecule has 35 heavy (non-hydrogen) atoms. The van der Waals surface area contributed by atoms with Crippen LogP contribution in [0.3, 0.4) is 0 Å². The number of pyridine rings is 1. The highest BCUT2D eigenvalue weighted by Gasteiger charge is 2.28. The number of aromatic nitrogens is 1. The Balaban J connectivity index is 1.27. The second kappa shape index (κ2) is 9.25. The lowest BCUT2D eigenvalue weighted by molar-refractivity contribution is -0.115. The van der Waals surface area contributed by atoms with Gasteiger partial charge in [-0.1, -0.05) is 24.8 Å². The molecule has 7 heteroatoms. The number of fused-ring (bicyclic) bond motifs is 1. The van der Waals surface area contributed by atoms with E-state index in [4.69, 9.17) is 0 Å². The van der Waals surface area contributed by atoms with E-state index in [1.54, 1.807) is 11.1 Å². The Hall–Kier alpha value is -4.13. The van der Waals surface area contributed by atoms with Gasteiger partial charge in [0, 0.05) is 37.9 Å². The van der Waals surface area contributed by atoms with Crippen molar-refractivity contribution in [2.45, 2.75) is 20.4 Å². The number of nitrogens with one attached hydrogen (secondary N) is 1. The van der Waals surface area contributed by atoms with Crippen LogP contribution in [-0.2, 0) is 11.3 Å². The van der Waals surface area contributed by atoms with Gasteiger partial charge < -0.3 is 20.0 Å². The van der Waals surface area contributed by atoms with Crippen molar-refractivity contribution in [3.8, 4) is 0 Å². The summed E-state index contributed by atoms with van der Waals surface area (Å²) in [7, 11) is 0. The molecule has 2 aromatic carbocycles. The van der Waals surface area contributed by atoms with Crippen LogP contribution in [0.2, 0.25) is 0 Å². The van der Waals surface area contributed by atoms with Crippen molar-refractivity contribution in [3.05, 3.63) is 95.3 Å². The summed E-state index contributed by atoms with van der Waals surface area (Å²) in [5.41, 5.74) is 5.97. The Kier molecular flexibility index (Phi) is 5.99. The van der Waals surface area contributed by atoms with Gasteiger partial charge in [0.2, 0.25) is 0 Å². The van der Waals surface area contributed by atoms with Crippen LogP contribution < -0.4 is 15.1 Å².